The van der Waals surface area contributed by atoms with Crippen LogP contribution in [0.15, 0.2) is 36.7 Å². The smallest absolute Gasteiger partial charge is 0.0470 e. The van der Waals surface area contributed by atoms with Crippen molar-refractivity contribution in [2.45, 2.75) is 45.2 Å². The van der Waals surface area contributed by atoms with Crippen molar-refractivity contribution in [2.24, 2.45) is 0 Å². The first kappa shape index (κ1) is 15.1. The Kier molecular flexibility index (Phi) is 5.01. The van der Waals surface area contributed by atoms with Gasteiger partial charge in [0.2, 0.25) is 0 Å². The van der Waals surface area contributed by atoms with E-state index in [1.807, 2.05) is 0 Å². The lowest BCUT2D eigenvalue weighted by atomic mass is 9.91. The number of nitrogens with zero attached hydrogens (tertiary/aromatic N) is 1. The summed E-state index contributed by atoms with van der Waals surface area (Å²) in [5.41, 5.74) is 4.45. The molecule has 0 aliphatic heterocycles. The van der Waals surface area contributed by atoms with Crippen LogP contribution in [0.3, 0.4) is 0 Å². The van der Waals surface area contributed by atoms with Crippen molar-refractivity contribution < 1.29 is 0 Å². The summed E-state index contributed by atoms with van der Waals surface area (Å²) < 4.78 is 3.66. The number of aryl methyl sites for hydroxylation is 1. The molecule has 0 saturated heterocycles. The maximum absolute atomic E-state index is 3.70. The summed E-state index contributed by atoms with van der Waals surface area (Å²) in [7, 11) is 0. The second-order valence-corrected chi connectivity index (χ2v) is 7.18. The number of rotatable bonds is 5. The van der Waals surface area contributed by atoms with Gasteiger partial charge in [0.1, 0.15) is 0 Å². The van der Waals surface area contributed by atoms with Crippen molar-refractivity contribution in [3.63, 3.8) is 0 Å². The Hall–Kier alpha value is -0.810. The van der Waals surface area contributed by atoms with Crippen LogP contribution in [0.1, 0.15) is 48.9 Å². The molecular weight excluding hydrogens is 371 g/mol. The Morgan fingerprint density at radius 2 is 2.05 bits per heavy atom. The molecule has 0 bridgehead atoms. The fraction of sp³-hybridized carbons (Fsp3) is 0.444. The van der Waals surface area contributed by atoms with Gasteiger partial charge >= 0.3 is 0 Å². The third kappa shape index (κ3) is 3.69. The maximum Gasteiger partial charge on any atom is 0.0470 e. The zero-order valence-corrected chi connectivity index (χ0v) is 14.8. The summed E-state index contributed by atoms with van der Waals surface area (Å²) >= 11 is 2.36. The number of nitrogens with one attached hydrogen (secondary N) is 1. The number of halogens is 1. The standard InChI is InChI=1S/C18H23IN2/c1-2-10-20-18-5-3-4-15-12-21(13-17(15)18)11-14-6-8-16(19)9-7-14/h6-9,12-13,18,20H,2-5,10-11H2,1H3. The summed E-state index contributed by atoms with van der Waals surface area (Å²) in [6.07, 6.45) is 9.74. The molecule has 1 heterocycles. The zero-order chi connectivity index (χ0) is 14.7. The minimum absolute atomic E-state index is 0.562. The third-order valence-electron chi connectivity index (χ3n) is 4.23. The minimum atomic E-state index is 0.562. The molecule has 0 amide bonds. The molecule has 112 valence electrons. The molecule has 1 atom stereocenters. The highest BCUT2D eigenvalue weighted by atomic mass is 127. The van der Waals surface area contributed by atoms with E-state index in [1.54, 1.807) is 5.56 Å². The van der Waals surface area contributed by atoms with Gasteiger partial charge in [-0.3, -0.25) is 0 Å². The summed E-state index contributed by atoms with van der Waals surface area (Å²) in [6, 6.07) is 9.39. The quantitative estimate of drug-likeness (QED) is 0.738. The van der Waals surface area contributed by atoms with Gasteiger partial charge in [-0.2, -0.15) is 0 Å². The van der Waals surface area contributed by atoms with Gasteiger partial charge in [-0.25, -0.2) is 0 Å². The SMILES string of the molecule is CCCNC1CCCc2cn(Cc3ccc(I)cc3)cc21. The van der Waals surface area contributed by atoms with Crippen molar-refractivity contribution in [1.82, 2.24) is 9.88 Å². The molecule has 1 N–H and O–H groups in total. The molecule has 21 heavy (non-hydrogen) atoms. The molecule has 0 spiro atoms. The highest BCUT2D eigenvalue weighted by molar-refractivity contribution is 14.1. The van der Waals surface area contributed by atoms with Gasteiger partial charge < -0.3 is 9.88 Å². The normalized spacial score (nSPS) is 17.7. The first-order valence-electron chi connectivity index (χ1n) is 7.92. The molecule has 2 nitrogen and oxygen atoms in total. The fourth-order valence-electron chi connectivity index (χ4n) is 3.17. The number of hydrogen-bond donors (Lipinski definition) is 1. The van der Waals surface area contributed by atoms with E-state index >= 15 is 0 Å². The van der Waals surface area contributed by atoms with Crippen molar-refractivity contribution in [2.75, 3.05) is 6.54 Å². The highest BCUT2D eigenvalue weighted by Gasteiger charge is 2.21. The molecule has 1 aliphatic rings. The van der Waals surface area contributed by atoms with Gasteiger partial charge in [0, 0.05) is 28.6 Å². The first-order valence-corrected chi connectivity index (χ1v) is 9.00. The van der Waals surface area contributed by atoms with Crippen LogP contribution in [-0.2, 0) is 13.0 Å². The second kappa shape index (κ2) is 6.97. The average Bonchev–Trinajstić information content (AvgIpc) is 2.90. The lowest BCUT2D eigenvalue weighted by Crippen LogP contribution is -2.24. The lowest BCUT2D eigenvalue weighted by Gasteiger charge is -2.23. The largest absolute Gasteiger partial charge is 0.349 e. The van der Waals surface area contributed by atoms with Gasteiger partial charge in [0.15, 0.2) is 0 Å². The number of hydrogen-bond acceptors (Lipinski definition) is 1. The molecular formula is C18H23IN2. The molecule has 3 heteroatoms. The van der Waals surface area contributed by atoms with Crippen molar-refractivity contribution in [3.05, 3.63) is 56.9 Å². The van der Waals surface area contributed by atoms with Crippen LogP contribution in [0.4, 0.5) is 0 Å². The molecule has 3 rings (SSSR count). The fourth-order valence-corrected chi connectivity index (χ4v) is 3.53. The Labute approximate surface area is 141 Å². The summed E-state index contributed by atoms with van der Waals surface area (Å²) in [5.74, 6) is 0. The molecule has 1 unspecified atom stereocenters. The predicted molar refractivity (Wildman–Crippen MR) is 96.7 cm³/mol. The topological polar surface area (TPSA) is 17.0 Å². The van der Waals surface area contributed by atoms with E-state index in [9.17, 15) is 0 Å². The van der Waals surface area contributed by atoms with Crippen LogP contribution in [0, 0.1) is 3.57 Å². The van der Waals surface area contributed by atoms with Gasteiger partial charge in [-0.1, -0.05) is 19.1 Å². The van der Waals surface area contributed by atoms with Gasteiger partial charge in [-0.15, -0.1) is 0 Å². The molecule has 0 saturated carbocycles. The second-order valence-electron chi connectivity index (χ2n) is 5.94. The summed E-state index contributed by atoms with van der Waals surface area (Å²) in [6.45, 7) is 4.33. The molecule has 0 radical (unpaired) electrons. The third-order valence-corrected chi connectivity index (χ3v) is 4.95. The number of fused-ring (bicyclic) bond motifs is 1. The van der Waals surface area contributed by atoms with E-state index in [4.69, 9.17) is 0 Å². The van der Waals surface area contributed by atoms with Crippen LogP contribution in [0.2, 0.25) is 0 Å². The van der Waals surface area contributed by atoms with E-state index in [1.165, 1.54) is 40.4 Å². The van der Waals surface area contributed by atoms with Crippen LogP contribution in [0.25, 0.3) is 0 Å². The maximum atomic E-state index is 3.70. The Balaban J connectivity index is 1.76. The predicted octanol–water partition coefficient (Wildman–Crippen LogP) is 4.52. The van der Waals surface area contributed by atoms with E-state index in [2.05, 4.69) is 76.1 Å². The lowest BCUT2D eigenvalue weighted by molar-refractivity contribution is 0.462. The highest BCUT2D eigenvalue weighted by Crippen LogP contribution is 2.30. The average molecular weight is 394 g/mol. The Bertz CT molecular complexity index is 586. The minimum Gasteiger partial charge on any atom is -0.349 e. The van der Waals surface area contributed by atoms with Crippen molar-refractivity contribution in [3.8, 4) is 0 Å². The van der Waals surface area contributed by atoms with Crippen molar-refractivity contribution in [1.29, 1.82) is 0 Å². The molecule has 1 aliphatic carbocycles. The van der Waals surface area contributed by atoms with Crippen LogP contribution in [-0.4, -0.2) is 11.1 Å². The van der Waals surface area contributed by atoms with E-state index in [0.29, 0.717) is 6.04 Å². The number of benzene rings is 1. The van der Waals surface area contributed by atoms with Crippen LogP contribution >= 0.6 is 22.6 Å². The Morgan fingerprint density at radius 3 is 2.81 bits per heavy atom. The zero-order valence-electron chi connectivity index (χ0n) is 12.6. The van der Waals surface area contributed by atoms with Gasteiger partial charge in [0.05, 0.1) is 0 Å². The van der Waals surface area contributed by atoms with Crippen LogP contribution < -0.4 is 5.32 Å². The van der Waals surface area contributed by atoms with E-state index in [0.717, 1.165) is 13.1 Å². The summed E-state index contributed by atoms with van der Waals surface area (Å²) in [5, 5.41) is 3.70. The Morgan fingerprint density at radius 1 is 1.24 bits per heavy atom. The first-order chi connectivity index (χ1) is 10.3. The van der Waals surface area contributed by atoms with Crippen molar-refractivity contribution >= 4 is 22.6 Å². The number of aromatic nitrogens is 1. The molecule has 0 fully saturated rings. The van der Waals surface area contributed by atoms with Gasteiger partial charge in [-0.05, 0) is 83.6 Å². The molecule has 1 aromatic heterocycles. The van der Waals surface area contributed by atoms with Crippen LogP contribution in [0.5, 0.6) is 0 Å². The van der Waals surface area contributed by atoms with E-state index < -0.39 is 0 Å². The monoisotopic (exact) mass is 394 g/mol. The molecule has 2 aromatic rings. The van der Waals surface area contributed by atoms with E-state index in [-0.39, 0.29) is 0 Å². The summed E-state index contributed by atoms with van der Waals surface area (Å²) in [4.78, 5) is 0. The van der Waals surface area contributed by atoms with Gasteiger partial charge in [0.25, 0.3) is 0 Å². The molecule has 1 aromatic carbocycles.